The van der Waals surface area contributed by atoms with Crippen LogP contribution in [0.2, 0.25) is 0 Å². The van der Waals surface area contributed by atoms with Crippen molar-refractivity contribution in [1.82, 2.24) is 15.8 Å². The van der Waals surface area contributed by atoms with Gasteiger partial charge in [0.1, 0.15) is 12.4 Å². The molecule has 1 aliphatic heterocycles. The second kappa shape index (κ2) is 8.36. The van der Waals surface area contributed by atoms with Crippen LogP contribution in [0.3, 0.4) is 0 Å². The van der Waals surface area contributed by atoms with E-state index in [0.717, 1.165) is 11.1 Å². The van der Waals surface area contributed by atoms with Crippen molar-refractivity contribution in [2.45, 2.75) is 6.36 Å². The Hall–Kier alpha value is -3.69. The number of hydrogen-bond donors (Lipinski definition) is 2. The zero-order valence-electron chi connectivity index (χ0n) is 15.6. The first-order valence-corrected chi connectivity index (χ1v) is 9.06. The molecule has 0 fully saturated rings. The van der Waals surface area contributed by atoms with Crippen LogP contribution in [0.5, 0.6) is 11.6 Å². The van der Waals surface area contributed by atoms with Gasteiger partial charge in [-0.3, -0.25) is 0 Å². The molecule has 0 unspecified atom stereocenters. The van der Waals surface area contributed by atoms with Crippen molar-refractivity contribution in [3.8, 4) is 22.8 Å². The summed E-state index contributed by atoms with van der Waals surface area (Å²) in [7, 11) is 0. The molecule has 30 heavy (non-hydrogen) atoms. The van der Waals surface area contributed by atoms with Gasteiger partial charge in [0.25, 0.3) is 5.88 Å². The molecule has 0 saturated heterocycles. The minimum atomic E-state index is -4.72. The summed E-state index contributed by atoms with van der Waals surface area (Å²) < 4.78 is 51.8. The maximum atomic E-state index is 12.3. The number of ether oxygens (including phenoxy) is 2. The molecule has 0 radical (unpaired) electrons. The number of aliphatic imine (C=N–C) groups is 1. The first-order chi connectivity index (χ1) is 14.5. The summed E-state index contributed by atoms with van der Waals surface area (Å²) in [6.45, 7) is 1.46. The molecule has 0 atom stereocenters. The lowest BCUT2D eigenvalue weighted by molar-refractivity contribution is -0.274. The SMILES string of the molecule is FC(F)(F)Oc1ccc(-c2ccc3onc(OCCNC4=NCC=CN4)c3c2)cc1. The summed E-state index contributed by atoms with van der Waals surface area (Å²) in [6, 6.07) is 11.0. The Bertz CT molecular complexity index is 1080. The van der Waals surface area contributed by atoms with E-state index in [1.807, 2.05) is 18.3 Å². The van der Waals surface area contributed by atoms with Gasteiger partial charge in [-0.1, -0.05) is 18.2 Å². The van der Waals surface area contributed by atoms with Crippen LogP contribution in [0.15, 0.2) is 64.3 Å². The molecular formula is C20H17F3N4O3. The third kappa shape index (κ3) is 4.83. The molecule has 1 aromatic heterocycles. The van der Waals surface area contributed by atoms with Gasteiger partial charge >= 0.3 is 6.36 Å². The summed E-state index contributed by atoms with van der Waals surface area (Å²) in [5, 5.41) is 10.7. The standard InChI is InChI=1S/C20H17F3N4O3/c21-20(22,23)29-15-5-2-13(3-6-15)14-4-7-17-16(12-14)18(27-30-17)28-11-10-26-19-24-8-1-9-25-19/h1-8,12H,9-11H2,(H2,24,25,26). The second-order valence-electron chi connectivity index (χ2n) is 6.28. The van der Waals surface area contributed by atoms with Crippen LogP contribution >= 0.6 is 0 Å². The quantitative estimate of drug-likeness (QED) is 0.592. The van der Waals surface area contributed by atoms with Gasteiger partial charge in [0, 0.05) is 6.20 Å². The smallest absolute Gasteiger partial charge is 0.473 e. The van der Waals surface area contributed by atoms with E-state index >= 15 is 0 Å². The summed E-state index contributed by atoms with van der Waals surface area (Å²) in [6.07, 6.45) is -1.01. The Morgan fingerprint density at radius 3 is 2.63 bits per heavy atom. The zero-order chi connectivity index (χ0) is 21.0. The van der Waals surface area contributed by atoms with Crippen LogP contribution < -0.4 is 20.1 Å². The topological polar surface area (TPSA) is 80.9 Å². The van der Waals surface area contributed by atoms with E-state index in [1.165, 1.54) is 12.1 Å². The Balaban J connectivity index is 1.42. The molecular weight excluding hydrogens is 401 g/mol. The summed E-state index contributed by atoms with van der Waals surface area (Å²) >= 11 is 0. The van der Waals surface area contributed by atoms with Crippen molar-refractivity contribution in [2.75, 3.05) is 19.7 Å². The lowest BCUT2D eigenvalue weighted by atomic mass is 10.0. The van der Waals surface area contributed by atoms with Crippen molar-refractivity contribution < 1.29 is 27.2 Å². The lowest BCUT2D eigenvalue weighted by Crippen LogP contribution is -2.38. The van der Waals surface area contributed by atoms with Gasteiger partial charge in [-0.25, -0.2) is 4.99 Å². The predicted molar refractivity (Wildman–Crippen MR) is 104 cm³/mol. The maximum Gasteiger partial charge on any atom is 0.573 e. The molecule has 3 aromatic rings. The fourth-order valence-corrected chi connectivity index (χ4v) is 2.85. The van der Waals surface area contributed by atoms with Crippen molar-refractivity contribution in [2.24, 2.45) is 4.99 Å². The van der Waals surface area contributed by atoms with Crippen LogP contribution in [-0.2, 0) is 0 Å². The van der Waals surface area contributed by atoms with Gasteiger partial charge in [-0.15, -0.1) is 13.2 Å². The number of benzene rings is 2. The maximum absolute atomic E-state index is 12.3. The molecule has 0 amide bonds. The van der Waals surface area contributed by atoms with Gasteiger partial charge in [0.15, 0.2) is 11.5 Å². The fourth-order valence-electron chi connectivity index (χ4n) is 2.85. The minimum absolute atomic E-state index is 0.277. The lowest BCUT2D eigenvalue weighted by Gasteiger charge is -2.11. The Morgan fingerprint density at radius 1 is 1.10 bits per heavy atom. The molecule has 156 valence electrons. The normalized spacial score (nSPS) is 13.6. The molecule has 4 rings (SSSR count). The van der Waals surface area contributed by atoms with Gasteiger partial charge in [-0.05, 0) is 46.6 Å². The second-order valence-corrected chi connectivity index (χ2v) is 6.28. The number of hydrogen-bond acceptors (Lipinski definition) is 7. The zero-order valence-corrected chi connectivity index (χ0v) is 15.6. The van der Waals surface area contributed by atoms with E-state index in [-0.39, 0.29) is 5.75 Å². The van der Waals surface area contributed by atoms with Crippen molar-refractivity contribution in [3.05, 3.63) is 54.7 Å². The molecule has 0 spiro atoms. The summed E-state index contributed by atoms with van der Waals surface area (Å²) in [4.78, 5) is 4.23. The van der Waals surface area contributed by atoms with Crippen molar-refractivity contribution in [1.29, 1.82) is 0 Å². The molecule has 0 aliphatic carbocycles. The number of alkyl halides is 3. The first kappa shape index (κ1) is 19.6. The summed E-state index contributed by atoms with van der Waals surface area (Å²) in [5.41, 5.74) is 2.04. The summed E-state index contributed by atoms with van der Waals surface area (Å²) in [5.74, 6) is 0.733. The highest BCUT2D eigenvalue weighted by atomic mass is 19.4. The van der Waals surface area contributed by atoms with Crippen LogP contribution in [0.4, 0.5) is 13.2 Å². The molecule has 7 nitrogen and oxygen atoms in total. The molecule has 1 aliphatic rings. The molecule has 2 aromatic carbocycles. The van der Waals surface area contributed by atoms with E-state index in [1.54, 1.807) is 24.3 Å². The molecule has 0 saturated carbocycles. The third-order valence-corrected chi connectivity index (χ3v) is 4.18. The average Bonchev–Trinajstić information content (AvgIpc) is 3.14. The number of nitrogens with one attached hydrogen (secondary N) is 2. The van der Waals surface area contributed by atoms with E-state index in [0.29, 0.717) is 42.5 Å². The third-order valence-electron chi connectivity index (χ3n) is 4.18. The van der Waals surface area contributed by atoms with E-state index < -0.39 is 6.36 Å². The largest absolute Gasteiger partial charge is 0.573 e. The van der Waals surface area contributed by atoms with Gasteiger partial charge < -0.3 is 24.6 Å². The highest BCUT2D eigenvalue weighted by Crippen LogP contribution is 2.31. The van der Waals surface area contributed by atoms with E-state index in [4.69, 9.17) is 9.26 Å². The number of fused-ring (bicyclic) bond motifs is 1. The van der Waals surface area contributed by atoms with Crippen LogP contribution in [0, 0.1) is 0 Å². The Morgan fingerprint density at radius 2 is 1.90 bits per heavy atom. The molecule has 0 bridgehead atoms. The van der Waals surface area contributed by atoms with Crippen LogP contribution in [0.1, 0.15) is 0 Å². The highest BCUT2D eigenvalue weighted by molar-refractivity contribution is 5.87. The van der Waals surface area contributed by atoms with Crippen LogP contribution in [0.25, 0.3) is 22.1 Å². The molecule has 2 heterocycles. The molecule has 10 heteroatoms. The Labute approximate surface area is 169 Å². The van der Waals surface area contributed by atoms with Crippen molar-refractivity contribution in [3.63, 3.8) is 0 Å². The Kier molecular flexibility index (Phi) is 5.46. The first-order valence-electron chi connectivity index (χ1n) is 9.06. The highest BCUT2D eigenvalue weighted by Gasteiger charge is 2.30. The number of rotatable bonds is 6. The number of halogens is 3. The monoisotopic (exact) mass is 418 g/mol. The minimum Gasteiger partial charge on any atom is -0.473 e. The predicted octanol–water partition coefficient (Wildman–Crippen LogP) is 3.83. The van der Waals surface area contributed by atoms with Gasteiger partial charge in [0.05, 0.1) is 18.5 Å². The van der Waals surface area contributed by atoms with Crippen molar-refractivity contribution >= 4 is 16.9 Å². The van der Waals surface area contributed by atoms with Gasteiger partial charge in [-0.2, -0.15) is 0 Å². The average molecular weight is 418 g/mol. The van der Waals surface area contributed by atoms with Gasteiger partial charge in [0.2, 0.25) is 0 Å². The van der Waals surface area contributed by atoms with E-state index in [9.17, 15) is 13.2 Å². The van der Waals surface area contributed by atoms with Crippen LogP contribution in [-0.4, -0.2) is 37.2 Å². The number of nitrogens with zero attached hydrogens (tertiary/aromatic N) is 2. The number of guanidine groups is 1. The fraction of sp³-hybridized carbons (Fsp3) is 0.200. The van der Waals surface area contributed by atoms with E-state index in [2.05, 4.69) is 25.5 Å². The molecule has 2 N–H and O–H groups in total. The number of aromatic nitrogens is 1.